The molecule has 170 valence electrons. The first-order valence-corrected chi connectivity index (χ1v) is 9.97. The number of carbonyl (C=O) groups is 2. The van der Waals surface area contributed by atoms with Gasteiger partial charge in [-0.2, -0.15) is 0 Å². The van der Waals surface area contributed by atoms with Gasteiger partial charge in [-0.25, -0.2) is 4.79 Å². The van der Waals surface area contributed by atoms with Crippen LogP contribution >= 0.6 is 0 Å². The minimum Gasteiger partial charge on any atom is -0.497 e. The van der Waals surface area contributed by atoms with Crippen molar-refractivity contribution in [3.05, 3.63) is 83.4 Å². The first-order chi connectivity index (χ1) is 16.0. The third-order valence-corrected chi connectivity index (χ3v) is 4.79. The van der Waals surface area contributed by atoms with E-state index in [4.69, 9.17) is 23.7 Å². The predicted molar refractivity (Wildman–Crippen MR) is 124 cm³/mol. The fourth-order valence-corrected chi connectivity index (χ4v) is 3.05. The molecule has 0 atom stereocenters. The molecule has 0 N–H and O–H groups in total. The molecule has 7 nitrogen and oxygen atoms in total. The third kappa shape index (κ3) is 5.71. The summed E-state index contributed by atoms with van der Waals surface area (Å²) in [6.45, 7) is 0. The second kappa shape index (κ2) is 10.9. The minimum atomic E-state index is -0.501. The molecule has 0 aliphatic heterocycles. The molecule has 33 heavy (non-hydrogen) atoms. The second-order valence-electron chi connectivity index (χ2n) is 6.80. The van der Waals surface area contributed by atoms with E-state index in [-0.39, 0.29) is 5.78 Å². The van der Waals surface area contributed by atoms with Gasteiger partial charge >= 0.3 is 5.97 Å². The molecule has 3 rings (SSSR count). The first kappa shape index (κ1) is 23.4. The molecule has 7 heteroatoms. The van der Waals surface area contributed by atoms with E-state index in [2.05, 4.69) is 0 Å². The first-order valence-electron chi connectivity index (χ1n) is 9.97. The highest BCUT2D eigenvalue weighted by molar-refractivity contribution is 6.07. The fourth-order valence-electron chi connectivity index (χ4n) is 3.05. The third-order valence-electron chi connectivity index (χ3n) is 4.79. The number of hydrogen-bond donors (Lipinski definition) is 0. The molecule has 0 spiro atoms. The van der Waals surface area contributed by atoms with Crippen LogP contribution in [0.4, 0.5) is 0 Å². The maximum absolute atomic E-state index is 12.6. The van der Waals surface area contributed by atoms with Crippen LogP contribution < -0.4 is 23.7 Å². The number of rotatable bonds is 9. The van der Waals surface area contributed by atoms with Gasteiger partial charge in [0.1, 0.15) is 11.5 Å². The lowest BCUT2D eigenvalue weighted by molar-refractivity contribution is 0.0734. The summed E-state index contributed by atoms with van der Waals surface area (Å²) in [6, 6.07) is 16.4. The van der Waals surface area contributed by atoms with Gasteiger partial charge in [0.2, 0.25) is 5.75 Å². The van der Waals surface area contributed by atoms with E-state index >= 15 is 0 Å². The Bertz CT molecular complexity index is 1120. The van der Waals surface area contributed by atoms with Crippen LogP contribution in [0, 0.1) is 0 Å². The Morgan fingerprint density at radius 3 is 1.73 bits per heavy atom. The van der Waals surface area contributed by atoms with Crippen molar-refractivity contribution in [1.82, 2.24) is 0 Å². The highest BCUT2D eigenvalue weighted by Gasteiger charge is 2.13. The van der Waals surface area contributed by atoms with Crippen molar-refractivity contribution < 1.29 is 33.3 Å². The molecule has 0 unspecified atom stereocenters. The maximum Gasteiger partial charge on any atom is 0.343 e. The smallest absolute Gasteiger partial charge is 0.343 e. The molecule has 0 amide bonds. The summed E-state index contributed by atoms with van der Waals surface area (Å²) in [5, 5.41) is 0. The zero-order valence-corrected chi connectivity index (χ0v) is 18.8. The molecule has 0 saturated heterocycles. The Morgan fingerprint density at radius 2 is 1.21 bits per heavy atom. The van der Waals surface area contributed by atoms with Gasteiger partial charge in [-0.15, -0.1) is 0 Å². The number of hydrogen-bond acceptors (Lipinski definition) is 7. The van der Waals surface area contributed by atoms with Crippen molar-refractivity contribution in [2.75, 3.05) is 28.4 Å². The Morgan fingerprint density at radius 1 is 0.667 bits per heavy atom. The van der Waals surface area contributed by atoms with Crippen LogP contribution in [0.1, 0.15) is 26.3 Å². The molecule has 0 heterocycles. The average Bonchev–Trinajstić information content (AvgIpc) is 2.86. The number of esters is 1. The molecular formula is C26H24O7. The zero-order chi connectivity index (χ0) is 23.8. The minimum absolute atomic E-state index is 0.211. The van der Waals surface area contributed by atoms with Crippen molar-refractivity contribution in [3.8, 4) is 28.7 Å². The van der Waals surface area contributed by atoms with Gasteiger partial charge in [-0.05, 0) is 72.3 Å². The molecule has 3 aromatic rings. The summed E-state index contributed by atoms with van der Waals surface area (Å²) in [6.07, 6.45) is 3.10. The van der Waals surface area contributed by atoms with E-state index < -0.39 is 5.97 Å². The molecule has 0 aliphatic rings. The van der Waals surface area contributed by atoms with Gasteiger partial charge in [0, 0.05) is 5.56 Å². The number of allylic oxidation sites excluding steroid dienone is 1. The molecule has 0 aromatic heterocycles. The maximum atomic E-state index is 12.6. The Labute approximate surface area is 192 Å². The van der Waals surface area contributed by atoms with Crippen molar-refractivity contribution >= 4 is 17.8 Å². The van der Waals surface area contributed by atoms with Gasteiger partial charge in [0.25, 0.3) is 0 Å². The van der Waals surface area contributed by atoms with Crippen LogP contribution in [0.25, 0.3) is 6.08 Å². The second-order valence-corrected chi connectivity index (χ2v) is 6.80. The molecule has 0 aliphatic carbocycles. The summed E-state index contributed by atoms with van der Waals surface area (Å²) in [4.78, 5) is 24.8. The highest BCUT2D eigenvalue weighted by Crippen LogP contribution is 2.38. The largest absolute Gasteiger partial charge is 0.497 e. The summed E-state index contributed by atoms with van der Waals surface area (Å²) in [7, 11) is 6.13. The number of ketones is 1. The zero-order valence-electron chi connectivity index (χ0n) is 18.8. The monoisotopic (exact) mass is 448 g/mol. The van der Waals surface area contributed by atoms with Crippen LogP contribution in [0.3, 0.4) is 0 Å². The molecule has 0 radical (unpaired) electrons. The van der Waals surface area contributed by atoms with E-state index in [1.807, 2.05) is 0 Å². The Hall–Kier alpha value is -4.26. The van der Waals surface area contributed by atoms with Gasteiger partial charge < -0.3 is 23.7 Å². The standard InChI is InChI=1S/C26H24O7/c1-29-20-10-8-19(9-11-20)26(28)33-21-12-6-18(7-13-21)22(27)14-5-17-15-23(30-2)25(32-4)24(16-17)31-3/h5-16H,1-4H3. The van der Waals surface area contributed by atoms with Crippen LogP contribution in [-0.2, 0) is 0 Å². The van der Waals surface area contributed by atoms with Crippen LogP contribution in [0.2, 0.25) is 0 Å². The lowest BCUT2D eigenvalue weighted by Crippen LogP contribution is -2.08. The van der Waals surface area contributed by atoms with Crippen LogP contribution in [-0.4, -0.2) is 40.2 Å². The topological polar surface area (TPSA) is 80.3 Å². The normalized spacial score (nSPS) is 10.5. The van der Waals surface area contributed by atoms with E-state index in [0.29, 0.717) is 45.4 Å². The molecule has 3 aromatic carbocycles. The van der Waals surface area contributed by atoms with Gasteiger partial charge in [0.15, 0.2) is 17.3 Å². The summed E-state index contributed by atoms with van der Waals surface area (Å²) in [5.41, 5.74) is 1.55. The lowest BCUT2D eigenvalue weighted by Gasteiger charge is -2.12. The Balaban J connectivity index is 1.69. The van der Waals surface area contributed by atoms with E-state index in [0.717, 1.165) is 0 Å². The molecule has 0 bridgehead atoms. The van der Waals surface area contributed by atoms with Crippen molar-refractivity contribution in [2.45, 2.75) is 0 Å². The van der Waals surface area contributed by atoms with Crippen LogP contribution in [0.15, 0.2) is 66.7 Å². The van der Waals surface area contributed by atoms with E-state index in [9.17, 15) is 9.59 Å². The lowest BCUT2D eigenvalue weighted by atomic mass is 10.1. The number of benzene rings is 3. The fraction of sp³-hybridized carbons (Fsp3) is 0.154. The molecule has 0 fully saturated rings. The van der Waals surface area contributed by atoms with Crippen molar-refractivity contribution in [1.29, 1.82) is 0 Å². The van der Waals surface area contributed by atoms with Gasteiger partial charge in [-0.3, -0.25) is 4.79 Å². The van der Waals surface area contributed by atoms with Crippen LogP contribution in [0.5, 0.6) is 28.7 Å². The van der Waals surface area contributed by atoms with Gasteiger partial charge in [-0.1, -0.05) is 6.08 Å². The van der Waals surface area contributed by atoms with E-state index in [1.165, 1.54) is 27.4 Å². The van der Waals surface area contributed by atoms with Gasteiger partial charge in [0.05, 0.1) is 34.0 Å². The molecule has 0 saturated carbocycles. The number of carbonyl (C=O) groups excluding carboxylic acids is 2. The average molecular weight is 448 g/mol. The Kier molecular flexibility index (Phi) is 7.70. The number of ether oxygens (including phenoxy) is 5. The van der Waals surface area contributed by atoms with Crippen molar-refractivity contribution in [2.24, 2.45) is 0 Å². The summed E-state index contributed by atoms with van der Waals surface area (Å²) in [5.74, 6) is 1.73. The predicted octanol–water partition coefficient (Wildman–Crippen LogP) is 4.84. The van der Waals surface area contributed by atoms with E-state index in [1.54, 1.807) is 73.8 Å². The molecular weight excluding hydrogens is 424 g/mol. The quantitative estimate of drug-likeness (QED) is 0.201. The highest BCUT2D eigenvalue weighted by atomic mass is 16.5. The van der Waals surface area contributed by atoms with Crippen molar-refractivity contribution in [3.63, 3.8) is 0 Å². The summed E-state index contributed by atoms with van der Waals surface area (Å²) < 4.78 is 26.4. The SMILES string of the molecule is COc1ccc(C(=O)Oc2ccc(C(=O)C=Cc3cc(OC)c(OC)c(OC)c3)cc2)cc1. The number of methoxy groups -OCH3 is 4. The summed E-state index contributed by atoms with van der Waals surface area (Å²) >= 11 is 0.